The molecule has 0 radical (unpaired) electrons. The standard InChI is InChI=1S/C13H12O5/c14-9-7-11(18-13(9)15)8-2-3-10-12(6-8)17-5-1-4-16-10/h2-3,6-7,11,14H,1,4-5H2. The highest BCUT2D eigenvalue weighted by Gasteiger charge is 2.27. The zero-order valence-corrected chi connectivity index (χ0v) is 9.59. The zero-order valence-electron chi connectivity index (χ0n) is 9.59. The summed E-state index contributed by atoms with van der Waals surface area (Å²) in [4.78, 5) is 11.1. The molecule has 0 spiro atoms. The van der Waals surface area contributed by atoms with E-state index in [1.165, 1.54) is 6.08 Å². The minimum Gasteiger partial charge on any atom is -0.502 e. The maximum atomic E-state index is 11.1. The van der Waals surface area contributed by atoms with Gasteiger partial charge < -0.3 is 19.3 Å². The molecule has 0 bridgehead atoms. The first-order chi connectivity index (χ1) is 8.74. The van der Waals surface area contributed by atoms with Crippen LogP contribution < -0.4 is 9.47 Å². The van der Waals surface area contributed by atoms with Crippen molar-refractivity contribution >= 4 is 5.97 Å². The number of esters is 1. The molecule has 5 heteroatoms. The third-order valence-corrected chi connectivity index (χ3v) is 2.85. The summed E-state index contributed by atoms with van der Waals surface area (Å²) in [5, 5.41) is 9.24. The molecular weight excluding hydrogens is 236 g/mol. The van der Waals surface area contributed by atoms with Crippen LogP contribution in [0.15, 0.2) is 30.0 Å². The Labute approximate surface area is 104 Å². The van der Waals surface area contributed by atoms with Crippen molar-refractivity contribution in [3.05, 3.63) is 35.6 Å². The minimum atomic E-state index is -0.702. The van der Waals surface area contributed by atoms with Gasteiger partial charge in [0, 0.05) is 18.1 Å². The smallest absolute Gasteiger partial charge is 0.374 e. The molecule has 0 fully saturated rings. The Hall–Kier alpha value is -2.17. The van der Waals surface area contributed by atoms with Crippen molar-refractivity contribution in [1.29, 1.82) is 0 Å². The van der Waals surface area contributed by atoms with Crippen molar-refractivity contribution in [2.75, 3.05) is 13.2 Å². The van der Waals surface area contributed by atoms with Crippen LogP contribution in [0.25, 0.3) is 0 Å². The molecular formula is C13H12O5. The SMILES string of the molecule is O=C1OC(c2ccc3c(c2)OCCCO3)C=C1O. The van der Waals surface area contributed by atoms with Gasteiger partial charge in [-0.15, -0.1) is 0 Å². The van der Waals surface area contributed by atoms with Crippen molar-refractivity contribution in [1.82, 2.24) is 0 Å². The number of hydrogen-bond donors (Lipinski definition) is 1. The number of hydrogen-bond acceptors (Lipinski definition) is 5. The van der Waals surface area contributed by atoms with Gasteiger partial charge in [0.25, 0.3) is 0 Å². The molecule has 1 atom stereocenters. The number of aliphatic hydroxyl groups is 1. The lowest BCUT2D eigenvalue weighted by atomic mass is 10.1. The fourth-order valence-electron chi connectivity index (χ4n) is 1.94. The van der Waals surface area contributed by atoms with Gasteiger partial charge in [0.1, 0.15) is 6.10 Å². The summed E-state index contributed by atoms with van der Waals surface area (Å²) in [6.45, 7) is 1.23. The minimum absolute atomic E-state index is 0.355. The van der Waals surface area contributed by atoms with Crippen LogP contribution in [-0.4, -0.2) is 24.3 Å². The molecule has 1 N–H and O–H groups in total. The lowest BCUT2D eigenvalue weighted by Gasteiger charge is -2.12. The van der Waals surface area contributed by atoms with Gasteiger partial charge in [0.15, 0.2) is 11.5 Å². The van der Waals surface area contributed by atoms with Crippen molar-refractivity contribution in [3.63, 3.8) is 0 Å². The average molecular weight is 248 g/mol. The highest BCUT2D eigenvalue weighted by molar-refractivity contribution is 5.88. The number of benzene rings is 1. The largest absolute Gasteiger partial charge is 0.502 e. The Morgan fingerprint density at radius 3 is 2.67 bits per heavy atom. The molecule has 3 rings (SSSR count). The zero-order chi connectivity index (χ0) is 12.5. The van der Waals surface area contributed by atoms with Gasteiger partial charge in [0.05, 0.1) is 13.2 Å². The summed E-state index contributed by atoms with van der Waals surface area (Å²) in [7, 11) is 0. The third-order valence-electron chi connectivity index (χ3n) is 2.85. The number of ether oxygens (including phenoxy) is 3. The predicted octanol–water partition coefficient (Wildman–Crippen LogP) is 1.89. The first-order valence-corrected chi connectivity index (χ1v) is 5.75. The molecule has 2 aliphatic rings. The summed E-state index contributed by atoms with van der Waals surface area (Å²) in [6.07, 6.45) is 1.65. The van der Waals surface area contributed by atoms with E-state index >= 15 is 0 Å². The van der Waals surface area contributed by atoms with E-state index < -0.39 is 12.1 Å². The van der Waals surface area contributed by atoms with E-state index in [1.54, 1.807) is 18.2 Å². The van der Waals surface area contributed by atoms with Gasteiger partial charge in [-0.3, -0.25) is 0 Å². The van der Waals surface area contributed by atoms with Gasteiger partial charge in [-0.1, -0.05) is 6.07 Å². The summed E-state index contributed by atoms with van der Waals surface area (Å²) in [6, 6.07) is 5.35. The van der Waals surface area contributed by atoms with Crippen LogP contribution in [-0.2, 0) is 9.53 Å². The predicted molar refractivity (Wildman–Crippen MR) is 61.6 cm³/mol. The van der Waals surface area contributed by atoms with Gasteiger partial charge in [-0.05, 0) is 12.1 Å². The van der Waals surface area contributed by atoms with Crippen molar-refractivity contribution in [2.24, 2.45) is 0 Å². The maximum Gasteiger partial charge on any atom is 0.374 e. The van der Waals surface area contributed by atoms with Crippen LogP contribution in [0.1, 0.15) is 18.1 Å². The molecule has 0 saturated carbocycles. The van der Waals surface area contributed by atoms with E-state index in [2.05, 4.69) is 0 Å². The number of carbonyl (C=O) groups excluding carboxylic acids is 1. The summed E-state index contributed by atoms with van der Waals surface area (Å²) in [5.41, 5.74) is 0.747. The van der Waals surface area contributed by atoms with Gasteiger partial charge in [0.2, 0.25) is 5.76 Å². The maximum absolute atomic E-state index is 11.1. The number of rotatable bonds is 1. The second kappa shape index (κ2) is 4.25. The Bertz CT molecular complexity index is 520. The Balaban J connectivity index is 1.90. The monoisotopic (exact) mass is 248 g/mol. The molecule has 1 aromatic rings. The molecule has 2 aliphatic heterocycles. The first kappa shape index (κ1) is 11.0. The second-order valence-electron chi connectivity index (χ2n) is 4.13. The second-order valence-corrected chi connectivity index (χ2v) is 4.13. The first-order valence-electron chi connectivity index (χ1n) is 5.75. The normalized spacial score (nSPS) is 22.1. The van der Waals surface area contributed by atoms with Gasteiger partial charge in [-0.25, -0.2) is 4.79 Å². The summed E-state index contributed by atoms with van der Waals surface area (Å²) >= 11 is 0. The van der Waals surface area contributed by atoms with Crippen LogP contribution in [0.3, 0.4) is 0 Å². The van der Waals surface area contributed by atoms with E-state index in [-0.39, 0.29) is 5.76 Å². The summed E-state index contributed by atoms with van der Waals surface area (Å²) < 4.78 is 16.1. The van der Waals surface area contributed by atoms with Crippen LogP contribution in [0.4, 0.5) is 0 Å². The van der Waals surface area contributed by atoms with Crippen LogP contribution in [0.5, 0.6) is 11.5 Å². The van der Waals surface area contributed by atoms with Gasteiger partial charge >= 0.3 is 5.97 Å². The molecule has 18 heavy (non-hydrogen) atoms. The average Bonchev–Trinajstić information content (AvgIpc) is 2.60. The van der Waals surface area contributed by atoms with E-state index in [4.69, 9.17) is 14.2 Å². The molecule has 94 valence electrons. The van der Waals surface area contributed by atoms with Crippen molar-refractivity contribution in [3.8, 4) is 11.5 Å². The highest BCUT2D eigenvalue weighted by Crippen LogP contribution is 2.35. The van der Waals surface area contributed by atoms with Crippen molar-refractivity contribution < 1.29 is 24.1 Å². The topological polar surface area (TPSA) is 65.0 Å². The summed E-state index contributed by atoms with van der Waals surface area (Å²) in [5.74, 6) is 0.272. The molecule has 1 aromatic carbocycles. The highest BCUT2D eigenvalue weighted by atomic mass is 16.6. The molecule has 0 amide bonds. The van der Waals surface area contributed by atoms with Crippen LogP contribution >= 0.6 is 0 Å². The van der Waals surface area contributed by atoms with E-state index in [0.717, 1.165) is 12.0 Å². The third kappa shape index (κ3) is 1.88. The lowest BCUT2D eigenvalue weighted by Crippen LogP contribution is -2.02. The number of carbonyl (C=O) groups is 1. The Morgan fingerprint density at radius 1 is 1.17 bits per heavy atom. The molecule has 1 unspecified atom stereocenters. The number of fused-ring (bicyclic) bond motifs is 1. The van der Waals surface area contributed by atoms with E-state index in [1.807, 2.05) is 0 Å². The van der Waals surface area contributed by atoms with E-state index in [9.17, 15) is 9.90 Å². The fraction of sp³-hybridized carbons (Fsp3) is 0.308. The number of cyclic esters (lactones) is 1. The van der Waals surface area contributed by atoms with Gasteiger partial charge in [-0.2, -0.15) is 0 Å². The van der Waals surface area contributed by atoms with Crippen LogP contribution in [0, 0.1) is 0 Å². The quantitative estimate of drug-likeness (QED) is 0.769. The van der Waals surface area contributed by atoms with Crippen molar-refractivity contribution in [2.45, 2.75) is 12.5 Å². The van der Waals surface area contributed by atoms with E-state index in [0.29, 0.717) is 24.7 Å². The Kier molecular flexibility index (Phi) is 2.59. The van der Waals surface area contributed by atoms with Crippen LogP contribution in [0.2, 0.25) is 0 Å². The lowest BCUT2D eigenvalue weighted by molar-refractivity contribution is -0.142. The molecule has 0 aliphatic carbocycles. The molecule has 0 saturated heterocycles. The Morgan fingerprint density at radius 2 is 1.94 bits per heavy atom. The molecule has 2 heterocycles. The fourth-order valence-corrected chi connectivity index (χ4v) is 1.94. The molecule has 5 nitrogen and oxygen atoms in total. The number of aliphatic hydroxyl groups excluding tert-OH is 1. The molecule has 0 aromatic heterocycles.